The monoisotopic (exact) mass is 425 g/mol. The van der Waals surface area contributed by atoms with Crippen LogP contribution in [-0.4, -0.2) is 9.97 Å². The lowest BCUT2D eigenvalue weighted by atomic mass is 10.1. The first-order chi connectivity index (χ1) is 13.9. The van der Waals surface area contributed by atoms with Crippen LogP contribution >= 0.6 is 23.2 Å². The van der Waals surface area contributed by atoms with E-state index in [4.69, 9.17) is 33.2 Å². The number of rotatable bonds is 3. The Labute approximate surface area is 173 Å². The van der Waals surface area contributed by atoms with Crippen LogP contribution in [0.4, 0.5) is 4.39 Å². The lowest BCUT2D eigenvalue weighted by Gasteiger charge is -2.11. The number of nitrogens with one attached hydrogen (secondary N) is 1. The lowest BCUT2D eigenvalue weighted by Crippen LogP contribution is -2.06. The maximum Gasteiger partial charge on any atom is 0.193 e. The molecule has 2 aromatic carbocycles. The van der Waals surface area contributed by atoms with E-state index in [2.05, 4.69) is 9.97 Å². The predicted molar refractivity (Wildman–Crippen MR) is 109 cm³/mol. The molecule has 5 nitrogen and oxygen atoms in total. The molecule has 0 aliphatic rings. The Morgan fingerprint density at radius 1 is 1.10 bits per heavy atom. The number of ether oxygens (including phenoxy) is 1. The van der Waals surface area contributed by atoms with E-state index in [0.29, 0.717) is 27.6 Å². The van der Waals surface area contributed by atoms with Crippen LogP contribution in [0.1, 0.15) is 5.56 Å². The van der Waals surface area contributed by atoms with Gasteiger partial charge in [-0.25, -0.2) is 9.37 Å². The van der Waals surface area contributed by atoms with Crippen molar-refractivity contribution in [2.45, 2.75) is 0 Å². The Balaban J connectivity index is 1.88. The SMILES string of the molecule is N#Cc1ccc(Cl)c(-c2cc(=O)c3c(Oc4ccc(Cl)nc4)cc(F)cc3[nH]2)c1. The number of hydrogen-bond donors (Lipinski definition) is 1. The van der Waals surface area contributed by atoms with Gasteiger partial charge in [-0.1, -0.05) is 23.2 Å². The van der Waals surface area contributed by atoms with Gasteiger partial charge in [-0.3, -0.25) is 4.79 Å². The molecule has 4 rings (SSSR count). The molecule has 2 heterocycles. The summed E-state index contributed by atoms with van der Waals surface area (Å²) in [7, 11) is 0. The third-order valence-electron chi connectivity index (χ3n) is 4.17. The van der Waals surface area contributed by atoms with Gasteiger partial charge < -0.3 is 9.72 Å². The quantitative estimate of drug-likeness (QED) is 0.427. The summed E-state index contributed by atoms with van der Waals surface area (Å²) in [5, 5.41) is 9.90. The van der Waals surface area contributed by atoms with Crippen LogP contribution in [0.15, 0.2) is 59.5 Å². The van der Waals surface area contributed by atoms with Gasteiger partial charge in [-0.2, -0.15) is 5.26 Å². The summed E-state index contributed by atoms with van der Waals surface area (Å²) in [6.45, 7) is 0. The molecule has 0 aliphatic heterocycles. The standard InChI is InChI=1S/C21H10Cl2FN3O2/c22-15-3-1-11(9-25)5-14(15)16-8-18(28)21-17(27-16)6-12(24)7-19(21)29-13-2-4-20(23)26-10-13/h1-8,10H,(H,27,28). The van der Waals surface area contributed by atoms with E-state index < -0.39 is 11.2 Å². The topological polar surface area (TPSA) is 78.8 Å². The Kier molecular flexibility index (Phi) is 4.93. The van der Waals surface area contributed by atoms with Gasteiger partial charge in [0.2, 0.25) is 0 Å². The minimum absolute atomic E-state index is 0.0359. The molecule has 142 valence electrons. The number of halogens is 3. The number of nitriles is 1. The lowest BCUT2D eigenvalue weighted by molar-refractivity contribution is 0.480. The summed E-state index contributed by atoms with van der Waals surface area (Å²) in [4.78, 5) is 19.7. The van der Waals surface area contributed by atoms with Crippen molar-refractivity contribution in [2.75, 3.05) is 0 Å². The molecule has 0 saturated heterocycles. The van der Waals surface area contributed by atoms with Crippen LogP contribution in [0.2, 0.25) is 10.2 Å². The van der Waals surface area contributed by atoms with Crippen molar-refractivity contribution in [3.05, 3.63) is 86.5 Å². The van der Waals surface area contributed by atoms with Crippen molar-refractivity contribution in [3.8, 4) is 28.8 Å². The average Bonchev–Trinajstić information content (AvgIpc) is 2.69. The number of hydrogen-bond acceptors (Lipinski definition) is 4. The van der Waals surface area contributed by atoms with E-state index in [0.717, 1.165) is 6.07 Å². The molecule has 4 aromatic rings. The number of H-pyrrole nitrogens is 1. The van der Waals surface area contributed by atoms with Gasteiger partial charge in [0, 0.05) is 22.7 Å². The van der Waals surface area contributed by atoms with Crippen molar-refractivity contribution >= 4 is 34.1 Å². The fourth-order valence-electron chi connectivity index (χ4n) is 2.90. The second kappa shape index (κ2) is 7.55. The van der Waals surface area contributed by atoms with Gasteiger partial charge in [-0.05, 0) is 36.4 Å². The molecule has 1 N–H and O–H groups in total. The smallest absolute Gasteiger partial charge is 0.193 e. The van der Waals surface area contributed by atoms with Gasteiger partial charge in [0.05, 0.1) is 34.4 Å². The minimum Gasteiger partial charge on any atom is -0.455 e. The van der Waals surface area contributed by atoms with Crippen molar-refractivity contribution in [2.24, 2.45) is 0 Å². The third kappa shape index (κ3) is 3.79. The zero-order chi connectivity index (χ0) is 20.5. The van der Waals surface area contributed by atoms with E-state index >= 15 is 0 Å². The van der Waals surface area contributed by atoms with E-state index in [1.807, 2.05) is 6.07 Å². The number of aromatic nitrogens is 2. The summed E-state index contributed by atoms with van der Waals surface area (Å²) in [6, 6.07) is 13.4. The normalized spacial score (nSPS) is 10.7. The number of aromatic amines is 1. The molecule has 0 saturated carbocycles. The summed E-state index contributed by atoms with van der Waals surface area (Å²) in [6.07, 6.45) is 1.37. The zero-order valence-electron chi connectivity index (χ0n) is 14.5. The van der Waals surface area contributed by atoms with E-state index in [1.54, 1.807) is 24.3 Å². The molecule has 0 bridgehead atoms. The second-order valence-corrected chi connectivity index (χ2v) is 6.89. The van der Waals surface area contributed by atoms with Crippen molar-refractivity contribution < 1.29 is 9.13 Å². The Morgan fingerprint density at radius 2 is 1.93 bits per heavy atom. The fraction of sp³-hybridized carbons (Fsp3) is 0. The first kappa shape index (κ1) is 18.9. The van der Waals surface area contributed by atoms with Gasteiger partial charge in [-0.15, -0.1) is 0 Å². The summed E-state index contributed by atoms with van der Waals surface area (Å²) in [5.41, 5.74) is 1.02. The molecule has 0 unspecified atom stereocenters. The molecule has 0 fully saturated rings. The molecule has 0 aliphatic carbocycles. The number of fused-ring (bicyclic) bond motifs is 1. The molecule has 0 spiro atoms. The number of nitrogens with zero attached hydrogens (tertiary/aromatic N) is 2. The highest BCUT2D eigenvalue weighted by molar-refractivity contribution is 6.33. The summed E-state index contributed by atoms with van der Waals surface area (Å²) in [5.74, 6) is -0.262. The van der Waals surface area contributed by atoms with Gasteiger partial charge in [0.1, 0.15) is 22.5 Å². The summed E-state index contributed by atoms with van der Waals surface area (Å²) < 4.78 is 19.9. The maximum atomic E-state index is 14.2. The highest BCUT2D eigenvalue weighted by Gasteiger charge is 2.14. The molecule has 0 amide bonds. The highest BCUT2D eigenvalue weighted by atomic mass is 35.5. The number of benzene rings is 2. The van der Waals surface area contributed by atoms with E-state index in [-0.39, 0.29) is 21.8 Å². The van der Waals surface area contributed by atoms with E-state index in [1.165, 1.54) is 24.4 Å². The second-order valence-electron chi connectivity index (χ2n) is 6.10. The number of pyridine rings is 2. The minimum atomic E-state index is -0.598. The van der Waals surface area contributed by atoms with Crippen LogP contribution in [-0.2, 0) is 0 Å². The molecular formula is C21H10Cl2FN3O2. The van der Waals surface area contributed by atoms with Crippen LogP contribution in [0.3, 0.4) is 0 Å². The molecule has 29 heavy (non-hydrogen) atoms. The van der Waals surface area contributed by atoms with Crippen LogP contribution in [0.25, 0.3) is 22.2 Å². The van der Waals surface area contributed by atoms with Crippen LogP contribution in [0, 0.1) is 17.1 Å². The molecule has 0 radical (unpaired) electrons. The van der Waals surface area contributed by atoms with Gasteiger partial charge in [0.15, 0.2) is 5.43 Å². The maximum absolute atomic E-state index is 14.2. The predicted octanol–water partition coefficient (Wildman–Crippen LogP) is 5.70. The highest BCUT2D eigenvalue weighted by Crippen LogP contribution is 2.32. The zero-order valence-corrected chi connectivity index (χ0v) is 16.1. The molecular weight excluding hydrogens is 416 g/mol. The molecule has 2 aromatic heterocycles. The van der Waals surface area contributed by atoms with Crippen molar-refractivity contribution in [1.82, 2.24) is 9.97 Å². The summed E-state index contributed by atoms with van der Waals surface area (Å²) >= 11 is 12.0. The first-order valence-electron chi connectivity index (χ1n) is 8.30. The average molecular weight is 426 g/mol. The van der Waals surface area contributed by atoms with E-state index in [9.17, 15) is 9.18 Å². The molecule has 8 heteroatoms. The van der Waals surface area contributed by atoms with Crippen molar-refractivity contribution in [1.29, 1.82) is 5.26 Å². The van der Waals surface area contributed by atoms with Crippen LogP contribution < -0.4 is 10.2 Å². The largest absolute Gasteiger partial charge is 0.455 e. The van der Waals surface area contributed by atoms with Gasteiger partial charge in [0.25, 0.3) is 0 Å². The Bertz CT molecular complexity index is 1350. The van der Waals surface area contributed by atoms with Crippen LogP contribution in [0.5, 0.6) is 11.5 Å². The first-order valence-corrected chi connectivity index (χ1v) is 9.06. The van der Waals surface area contributed by atoms with Crippen molar-refractivity contribution in [3.63, 3.8) is 0 Å². The van der Waals surface area contributed by atoms with Gasteiger partial charge >= 0.3 is 0 Å². The molecule has 0 atom stereocenters. The third-order valence-corrected chi connectivity index (χ3v) is 4.72. The Morgan fingerprint density at radius 3 is 2.66 bits per heavy atom. The fourth-order valence-corrected chi connectivity index (χ4v) is 3.23. The Hall–Kier alpha value is -3.40.